The summed E-state index contributed by atoms with van der Waals surface area (Å²) in [6, 6.07) is 11.1. The van der Waals surface area contributed by atoms with Crippen LogP contribution < -0.4 is 0 Å². The summed E-state index contributed by atoms with van der Waals surface area (Å²) >= 11 is 0. The van der Waals surface area contributed by atoms with Gasteiger partial charge < -0.3 is 9.80 Å². The van der Waals surface area contributed by atoms with E-state index in [2.05, 4.69) is 40.1 Å². The van der Waals surface area contributed by atoms with E-state index in [1.807, 2.05) is 4.90 Å². The number of carbonyl (C=O) groups is 2. The minimum atomic E-state index is 0.232. The number of fused-ring (bicyclic) bond motifs is 4. The molecule has 152 valence electrons. The zero-order chi connectivity index (χ0) is 19.3. The predicted octanol–water partition coefficient (Wildman–Crippen LogP) is 2.90. The van der Waals surface area contributed by atoms with Gasteiger partial charge >= 0.3 is 0 Å². The van der Waals surface area contributed by atoms with Crippen LogP contribution in [0.25, 0.3) is 0 Å². The topological polar surface area (TPSA) is 43.9 Å². The van der Waals surface area contributed by atoms with Gasteiger partial charge in [0.05, 0.1) is 0 Å². The Labute approximate surface area is 168 Å². The standard InChI is InChI=1S/C23H33N3O2/c27-22-9-5-2-6-13-24(22)14-12-23(28)26-17-20-10-11-21(18-26)25(16-20)15-19-7-3-1-4-8-19/h1,3-4,7-8,20-21H,2,5-6,9-18H2. The van der Waals surface area contributed by atoms with Gasteiger partial charge in [0.15, 0.2) is 0 Å². The van der Waals surface area contributed by atoms with Gasteiger partial charge in [-0.05, 0) is 37.2 Å². The molecule has 2 amide bonds. The maximum Gasteiger partial charge on any atom is 0.224 e. The fourth-order valence-corrected chi connectivity index (χ4v) is 5.06. The van der Waals surface area contributed by atoms with Crippen molar-refractivity contribution in [3.63, 3.8) is 0 Å². The van der Waals surface area contributed by atoms with Crippen LogP contribution in [0.3, 0.4) is 0 Å². The Morgan fingerprint density at radius 1 is 1.00 bits per heavy atom. The second-order valence-electron chi connectivity index (χ2n) is 8.75. The van der Waals surface area contributed by atoms with Crippen molar-refractivity contribution in [2.75, 3.05) is 32.7 Å². The van der Waals surface area contributed by atoms with Crippen LogP contribution in [0.2, 0.25) is 0 Å². The number of nitrogens with zero attached hydrogens (tertiary/aromatic N) is 3. The van der Waals surface area contributed by atoms with Gasteiger partial charge in [-0.2, -0.15) is 0 Å². The fraction of sp³-hybridized carbons (Fsp3) is 0.652. The molecule has 4 aliphatic rings. The van der Waals surface area contributed by atoms with Gasteiger partial charge in [-0.25, -0.2) is 0 Å². The zero-order valence-corrected chi connectivity index (χ0v) is 16.9. The first-order valence-corrected chi connectivity index (χ1v) is 11.0. The van der Waals surface area contributed by atoms with E-state index in [-0.39, 0.29) is 11.8 Å². The highest BCUT2D eigenvalue weighted by atomic mass is 16.2. The Kier molecular flexibility index (Phi) is 6.30. The Bertz CT molecular complexity index is 678. The second kappa shape index (κ2) is 9.08. The molecule has 4 saturated heterocycles. The van der Waals surface area contributed by atoms with E-state index in [4.69, 9.17) is 0 Å². The van der Waals surface area contributed by atoms with Crippen LogP contribution in [0.1, 0.15) is 50.5 Å². The van der Waals surface area contributed by atoms with Gasteiger partial charge in [0.25, 0.3) is 0 Å². The summed E-state index contributed by atoms with van der Waals surface area (Å²) in [5, 5.41) is 0. The first kappa shape index (κ1) is 19.4. The summed E-state index contributed by atoms with van der Waals surface area (Å²) in [6.07, 6.45) is 6.73. The van der Waals surface area contributed by atoms with E-state index >= 15 is 0 Å². The first-order valence-electron chi connectivity index (χ1n) is 11.0. The Morgan fingerprint density at radius 2 is 1.86 bits per heavy atom. The van der Waals surface area contributed by atoms with Crippen LogP contribution in [-0.2, 0) is 16.1 Å². The maximum atomic E-state index is 12.9. The highest BCUT2D eigenvalue weighted by molar-refractivity contribution is 5.79. The third-order valence-electron chi connectivity index (χ3n) is 6.68. The predicted molar refractivity (Wildman–Crippen MR) is 110 cm³/mol. The summed E-state index contributed by atoms with van der Waals surface area (Å²) in [4.78, 5) is 31.7. The van der Waals surface area contributed by atoms with Gasteiger partial charge in [-0.1, -0.05) is 36.8 Å². The lowest BCUT2D eigenvalue weighted by molar-refractivity contribution is -0.134. The van der Waals surface area contributed by atoms with Crippen LogP contribution in [0, 0.1) is 5.92 Å². The van der Waals surface area contributed by atoms with Crippen molar-refractivity contribution in [1.82, 2.24) is 14.7 Å². The van der Waals surface area contributed by atoms with E-state index in [9.17, 15) is 9.59 Å². The van der Waals surface area contributed by atoms with E-state index in [0.717, 1.165) is 52.0 Å². The van der Waals surface area contributed by atoms with Crippen LogP contribution in [0.5, 0.6) is 0 Å². The lowest BCUT2D eigenvalue weighted by Gasteiger charge is -2.36. The van der Waals surface area contributed by atoms with E-state index in [1.165, 1.54) is 18.4 Å². The highest BCUT2D eigenvalue weighted by Crippen LogP contribution is 2.29. The molecule has 2 atom stereocenters. The Balaban J connectivity index is 1.33. The number of hydrogen-bond donors (Lipinski definition) is 0. The summed E-state index contributed by atoms with van der Waals surface area (Å²) in [5.41, 5.74) is 1.35. The summed E-state index contributed by atoms with van der Waals surface area (Å²) in [7, 11) is 0. The third kappa shape index (κ3) is 4.75. The van der Waals surface area contributed by atoms with Crippen LogP contribution in [0.4, 0.5) is 0 Å². The average molecular weight is 384 g/mol. The van der Waals surface area contributed by atoms with Gasteiger partial charge in [0.2, 0.25) is 11.8 Å². The van der Waals surface area contributed by atoms with Gasteiger partial charge in [-0.3, -0.25) is 14.5 Å². The molecule has 0 N–H and O–H groups in total. The second-order valence-corrected chi connectivity index (χ2v) is 8.75. The van der Waals surface area contributed by atoms with Crippen molar-refractivity contribution in [3.8, 4) is 0 Å². The molecule has 0 aromatic heterocycles. The van der Waals surface area contributed by atoms with Crippen LogP contribution in [-0.4, -0.2) is 65.3 Å². The molecule has 0 saturated carbocycles. The minimum Gasteiger partial charge on any atom is -0.342 e. The van der Waals surface area contributed by atoms with Crippen molar-refractivity contribution < 1.29 is 9.59 Å². The molecule has 5 heteroatoms. The van der Waals surface area contributed by atoms with Crippen LogP contribution >= 0.6 is 0 Å². The Morgan fingerprint density at radius 3 is 2.71 bits per heavy atom. The molecule has 4 aliphatic heterocycles. The molecule has 0 aliphatic carbocycles. The normalized spacial score (nSPS) is 26.2. The van der Waals surface area contributed by atoms with Crippen molar-refractivity contribution in [3.05, 3.63) is 35.9 Å². The molecule has 5 rings (SSSR count). The molecule has 1 aromatic rings. The molecule has 4 heterocycles. The number of hydrogen-bond acceptors (Lipinski definition) is 3. The third-order valence-corrected chi connectivity index (χ3v) is 6.68. The molecule has 5 nitrogen and oxygen atoms in total. The van der Waals surface area contributed by atoms with Crippen molar-refractivity contribution in [2.45, 2.75) is 57.5 Å². The first-order chi connectivity index (χ1) is 13.7. The lowest BCUT2D eigenvalue weighted by atomic mass is 9.94. The summed E-state index contributed by atoms with van der Waals surface area (Å²) in [6.45, 7) is 5.21. The summed E-state index contributed by atoms with van der Waals surface area (Å²) < 4.78 is 0. The minimum absolute atomic E-state index is 0.232. The van der Waals surface area contributed by atoms with Gasteiger partial charge in [0.1, 0.15) is 0 Å². The monoisotopic (exact) mass is 383 g/mol. The molecule has 1 aromatic carbocycles. The number of amides is 2. The molecular weight excluding hydrogens is 350 g/mol. The molecule has 28 heavy (non-hydrogen) atoms. The quantitative estimate of drug-likeness (QED) is 0.785. The van der Waals surface area contributed by atoms with Crippen molar-refractivity contribution in [1.29, 1.82) is 0 Å². The number of carbonyl (C=O) groups excluding carboxylic acids is 2. The Hall–Kier alpha value is -1.88. The molecule has 4 fully saturated rings. The average Bonchev–Trinajstić information content (AvgIpc) is 3.12. The number of piperidine rings is 1. The van der Waals surface area contributed by atoms with Gasteiger partial charge in [-0.15, -0.1) is 0 Å². The fourth-order valence-electron chi connectivity index (χ4n) is 5.06. The van der Waals surface area contributed by atoms with Crippen molar-refractivity contribution >= 4 is 11.8 Å². The number of benzene rings is 1. The molecule has 0 spiro atoms. The largest absolute Gasteiger partial charge is 0.342 e. The summed E-state index contributed by atoms with van der Waals surface area (Å²) in [5.74, 6) is 1.04. The maximum absolute atomic E-state index is 12.9. The molecule has 2 bridgehead atoms. The van der Waals surface area contributed by atoms with Gasteiger partial charge in [0, 0.05) is 58.2 Å². The van der Waals surface area contributed by atoms with E-state index in [0.29, 0.717) is 31.3 Å². The SMILES string of the molecule is O=C1CCCCCN1CCC(=O)N1CC2CCC(C1)N(Cc1ccccc1)C2. The zero-order valence-electron chi connectivity index (χ0n) is 16.9. The van der Waals surface area contributed by atoms with Crippen LogP contribution in [0.15, 0.2) is 30.3 Å². The number of rotatable bonds is 5. The van der Waals surface area contributed by atoms with Crippen molar-refractivity contribution in [2.24, 2.45) is 5.92 Å². The smallest absolute Gasteiger partial charge is 0.224 e. The molecule has 2 unspecified atom stereocenters. The number of likely N-dealkylation sites (tertiary alicyclic amines) is 1. The molecular formula is C23H33N3O2. The van der Waals surface area contributed by atoms with E-state index in [1.54, 1.807) is 0 Å². The lowest BCUT2D eigenvalue weighted by Crippen LogP contribution is -2.44. The molecule has 0 radical (unpaired) electrons. The highest BCUT2D eigenvalue weighted by Gasteiger charge is 2.36. The van der Waals surface area contributed by atoms with E-state index < -0.39 is 0 Å².